The molecule has 0 amide bonds. The number of ketones is 1. The zero-order valence-electron chi connectivity index (χ0n) is 11.6. The first-order valence-corrected chi connectivity index (χ1v) is 6.72. The molecule has 0 aromatic carbocycles. The average molecular weight is 246 g/mol. The molecule has 0 aliphatic heterocycles. The van der Waals surface area contributed by atoms with Crippen LogP contribution >= 0.6 is 0 Å². The second-order valence-electron chi connectivity index (χ2n) is 6.00. The van der Waals surface area contributed by atoms with Crippen LogP contribution in [0.2, 0.25) is 0 Å². The van der Waals surface area contributed by atoms with Crippen LogP contribution in [-0.4, -0.2) is 15.3 Å². The topological polar surface area (TPSA) is 34.9 Å². The van der Waals surface area contributed by atoms with Crippen molar-refractivity contribution in [2.75, 3.05) is 0 Å². The quantitative estimate of drug-likeness (QED) is 0.818. The number of aryl methyl sites for hydroxylation is 1. The lowest BCUT2D eigenvalue weighted by molar-refractivity contribution is -0.117. The van der Waals surface area contributed by atoms with E-state index in [2.05, 4.69) is 30.3 Å². The van der Waals surface area contributed by atoms with Gasteiger partial charge in [-0.25, -0.2) is 4.98 Å². The van der Waals surface area contributed by atoms with Gasteiger partial charge in [0.15, 0.2) is 5.78 Å². The minimum absolute atomic E-state index is 0.101. The standard InChI is InChI=1S/C15H22N2O/c1-4-6-17-7-5-16-14(17)9-12-8-13(18)11-15(2,3)10-12/h5,7-8H,4,6,9-11H2,1-3H3. The van der Waals surface area contributed by atoms with Gasteiger partial charge in [0.1, 0.15) is 5.82 Å². The Balaban J connectivity index is 2.13. The summed E-state index contributed by atoms with van der Waals surface area (Å²) in [5.74, 6) is 1.34. The Kier molecular flexibility index (Phi) is 3.69. The van der Waals surface area contributed by atoms with E-state index >= 15 is 0 Å². The van der Waals surface area contributed by atoms with E-state index in [0.29, 0.717) is 6.42 Å². The molecule has 0 saturated carbocycles. The second-order valence-corrected chi connectivity index (χ2v) is 6.00. The molecule has 1 aromatic heterocycles. The van der Waals surface area contributed by atoms with Gasteiger partial charge in [-0.1, -0.05) is 26.3 Å². The first-order valence-electron chi connectivity index (χ1n) is 6.72. The number of imidazole rings is 1. The van der Waals surface area contributed by atoms with Crippen LogP contribution in [0.25, 0.3) is 0 Å². The molecule has 1 aromatic rings. The van der Waals surface area contributed by atoms with Crippen LogP contribution < -0.4 is 0 Å². The van der Waals surface area contributed by atoms with E-state index in [1.807, 2.05) is 18.5 Å². The van der Waals surface area contributed by atoms with Crippen LogP contribution in [0.5, 0.6) is 0 Å². The fourth-order valence-electron chi connectivity index (χ4n) is 2.75. The zero-order chi connectivity index (χ0) is 13.2. The maximum Gasteiger partial charge on any atom is 0.156 e. The number of nitrogens with zero attached hydrogens (tertiary/aromatic N) is 2. The highest BCUT2D eigenvalue weighted by atomic mass is 16.1. The van der Waals surface area contributed by atoms with Crippen LogP contribution in [0.4, 0.5) is 0 Å². The molecule has 98 valence electrons. The van der Waals surface area contributed by atoms with Crippen molar-refractivity contribution in [3.8, 4) is 0 Å². The Morgan fingerprint density at radius 3 is 2.83 bits per heavy atom. The largest absolute Gasteiger partial charge is 0.335 e. The van der Waals surface area contributed by atoms with Gasteiger partial charge >= 0.3 is 0 Å². The third-order valence-corrected chi connectivity index (χ3v) is 3.37. The van der Waals surface area contributed by atoms with Crippen molar-refractivity contribution < 1.29 is 4.79 Å². The number of aromatic nitrogens is 2. The van der Waals surface area contributed by atoms with Crippen molar-refractivity contribution in [1.29, 1.82) is 0 Å². The van der Waals surface area contributed by atoms with E-state index in [1.165, 1.54) is 5.57 Å². The highest BCUT2D eigenvalue weighted by molar-refractivity contribution is 5.91. The maximum absolute atomic E-state index is 11.7. The van der Waals surface area contributed by atoms with Crippen LogP contribution in [0, 0.1) is 5.41 Å². The van der Waals surface area contributed by atoms with Gasteiger partial charge in [-0.2, -0.15) is 0 Å². The molecule has 0 saturated heterocycles. The van der Waals surface area contributed by atoms with Crippen molar-refractivity contribution in [1.82, 2.24) is 9.55 Å². The van der Waals surface area contributed by atoms with Crippen LogP contribution in [0.3, 0.4) is 0 Å². The van der Waals surface area contributed by atoms with Gasteiger partial charge in [0.05, 0.1) is 0 Å². The number of hydrogen-bond donors (Lipinski definition) is 0. The summed E-state index contributed by atoms with van der Waals surface area (Å²) >= 11 is 0. The fourth-order valence-corrected chi connectivity index (χ4v) is 2.75. The number of carbonyl (C=O) groups is 1. The molecule has 3 nitrogen and oxygen atoms in total. The number of carbonyl (C=O) groups excluding carboxylic acids is 1. The van der Waals surface area contributed by atoms with Gasteiger partial charge in [-0.15, -0.1) is 0 Å². The summed E-state index contributed by atoms with van der Waals surface area (Å²) in [6.07, 6.45) is 9.28. The molecule has 0 bridgehead atoms. The highest BCUT2D eigenvalue weighted by Gasteiger charge is 2.27. The molecule has 1 heterocycles. The molecule has 0 spiro atoms. The normalized spacial score (nSPS) is 18.8. The molecule has 0 fully saturated rings. The molecule has 0 unspecified atom stereocenters. The Bertz CT molecular complexity index is 469. The fraction of sp³-hybridized carbons (Fsp3) is 0.600. The second kappa shape index (κ2) is 5.09. The van der Waals surface area contributed by atoms with E-state index in [-0.39, 0.29) is 11.2 Å². The minimum atomic E-state index is 0.101. The molecule has 0 atom stereocenters. The zero-order valence-corrected chi connectivity index (χ0v) is 11.6. The summed E-state index contributed by atoms with van der Waals surface area (Å²) in [5, 5.41) is 0. The summed E-state index contributed by atoms with van der Waals surface area (Å²) in [4.78, 5) is 16.1. The smallest absolute Gasteiger partial charge is 0.156 e. The summed E-state index contributed by atoms with van der Waals surface area (Å²) in [7, 11) is 0. The van der Waals surface area contributed by atoms with Crippen molar-refractivity contribution in [2.45, 2.75) is 53.0 Å². The van der Waals surface area contributed by atoms with Crippen molar-refractivity contribution in [3.63, 3.8) is 0 Å². The summed E-state index contributed by atoms with van der Waals surface area (Å²) in [6.45, 7) is 7.49. The van der Waals surface area contributed by atoms with Crippen LogP contribution in [0.1, 0.15) is 45.9 Å². The van der Waals surface area contributed by atoms with Crippen LogP contribution in [-0.2, 0) is 17.8 Å². The minimum Gasteiger partial charge on any atom is -0.335 e. The summed E-state index contributed by atoms with van der Waals surface area (Å²) in [6, 6.07) is 0. The summed E-state index contributed by atoms with van der Waals surface area (Å²) in [5.41, 5.74) is 1.32. The molecule has 1 aliphatic rings. The number of rotatable bonds is 4. The van der Waals surface area contributed by atoms with E-state index in [4.69, 9.17) is 0 Å². The molecular formula is C15H22N2O. The van der Waals surface area contributed by atoms with Crippen molar-refractivity contribution >= 4 is 5.78 Å². The summed E-state index contributed by atoms with van der Waals surface area (Å²) < 4.78 is 2.19. The molecule has 18 heavy (non-hydrogen) atoms. The lowest BCUT2D eigenvalue weighted by Gasteiger charge is -2.28. The number of allylic oxidation sites excluding steroid dienone is 2. The molecule has 0 radical (unpaired) electrons. The van der Waals surface area contributed by atoms with E-state index in [9.17, 15) is 4.79 Å². The Morgan fingerprint density at radius 1 is 1.39 bits per heavy atom. The molecule has 0 N–H and O–H groups in total. The van der Waals surface area contributed by atoms with Gasteiger partial charge in [-0.3, -0.25) is 4.79 Å². The number of hydrogen-bond acceptors (Lipinski definition) is 2. The van der Waals surface area contributed by atoms with Crippen LogP contribution in [0.15, 0.2) is 24.0 Å². The van der Waals surface area contributed by atoms with Crippen molar-refractivity contribution in [3.05, 3.63) is 29.9 Å². The lowest BCUT2D eigenvalue weighted by atomic mass is 9.76. The first-order chi connectivity index (χ1) is 8.50. The lowest BCUT2D eigenvalue weighted by Crippen LogP contribution is -2.23. The van der Waals surface area contributed by atoms with Gasteiger partial charge < -0.3 is 4.57 Å². The molecular weight excluding hydrogens is 224 g/mol. The Hall–Kier alpha value is -1.38. The van der Waals surface area contributed by atoms with E-state index < -0.39 is 0 Å². The Labute approximate surface area is 109 Å². The predicted octanol–water partition coefficient (Wildman–Crippen LogP) is 3.15. The van der Waals surface area contributed by atoms with Gasteiger partial charge in [-0.05, 0) is 24.3 Å². The van der Waals surface area contributed by atoms with E-state index in [0.717, 1.165) is 31.6 Å². The van der Waals surface area contributed by atoms with Gasteiger partial charge in [0.25, 0.3) is 0 Å². The van der Waals surface area contributed by atoms with Gasteiger partial charge in [0.2, 0.25) is 0 Å². The molecule has 3 heteroatoms. The third kappa shape index (κ3) is 3.09. The highest BCUT2D eigenvalue weighted by Crippen LogP contribution is 2.34. The monoisotopic (exact) mass is 246 g/mol. The third-order valence-electron chi connectivity index (χ3n) is 3.37. The average Bonchev–Trinajstić information content (AvgIpc) is 2.63. The Morgan fingerprint density at radius 2 is 2.17 bits per heavy atom. The maximum atomic E-state index is 11.7. The molecule has 2 rings (SSSR count). The first kappa shape index (κ1) is 13.1. The van der Waals surface area contributed by atoms with Gasteiger partial charge in [0, 0.05) is 31.8 Å². The predicted molar refractivity (Wildman–Crippen MR) is 72.3 cm³/mol. The van der Waals surface area contributed by atoms with Crippen molar-refractivity contribution in [2.24, 2.45) is 5.41 Å². The molecule has 1 aliphatic carbocycles. The SMILES string of the molecule is CCCn1ccnc1CC1=CC(=O)CC(C)(C)C1. The van der Waals surface area contributed by atoms with E-state index in [1.54, 1.807) is 0 Å².